The van der Waals surface area contributed by atoms with Crippen LogP contribution in [0, 0.1) is 6.92 Å². The van der Waals surface area contributed by atoms with Crippen LogP contribution in [0.4, 0.5) is 5.82 Å². The first-order valence-electron chi connectivity index (χ1n) is 7.82. The highest BCUT2D eigenvalue weighted by molar-refractivity contribution is 7.47. The van der Waals surface area contributed by atoms with Crippen LogP contribution in [0.5, 0.6) is 0 Å². The first kappa shape index (κ1) is 19.6. The van der Waals surface area contributed by atoms with Gasteiger partial charge in [-0.1, -0.05) is 11.6 Å². The normalized spacial score (nSPS) is 19.3. The smallest absolute Gasteiger partial charge is 0.354 e. The first-order valence-corrected chi connectivity index (χ1v) is 9.69. The fraction of sp³-hybridized carbons (Fsp3) is 0.714. The molecule has 1 aromatic heterocycles. The first-order chi connectivity index (χ1) is 11.1. The minimum absolute atomic E-state index is 0.117. The van der Waals surface area contributed by atoms with E-state index in [1.165, 1.54) is 0 Å². The largest absolute Gasteiger partial charge is 0.473 e. The van der Waals surface area contributed by atoms with Gasteiger partial charge in [-0.3, -0.25) is 13.9 Å². The molecule has 0 amide bonds. The molecular weight excluding hydrogens is 355 g/mol. The molecule has 24 heavy (non-hydrogen) atoms. The Morgan fingerprint density at radius 3 is 2.50 bits per heavy atom. The lowest BCUT2D eigenvalue weighted by Crippen LogP contribution is -2.55. The maximum Gasteiger partial charge on any atom is 0.473 e. The average molecular weight is 379 g/mol. The van der Waals surface area contributed by atoms with Gasteiger partial charge in [-0.2, -0.15) is 0 Å². The van der Waals surface area contributed by atoms with Crippen molar-refractivity contribution in [2.75, 3.05) is 37.7 Å². The summed E-state index contributed by atoms with van der Waals surface area (Å²) in [5.74, 6) is 1.41. The number of aromatic nitrogens is 2. The molecule has 10 heteroatoms. The number of hydrogen-bond acceptors (Lipinski definition) is 7. The van der Waals surface area contributed by atoms with E-state index < -0.39 is 13.5 Å². The van der Waals surface area contributed by atoms with Gasteiger partial charge in [0.15, 0.2) is 0 Å². The summed E-state index contributed by atoms with van der Waals surface area (Å²) in [6, 6.07) is 1.74. The van der Waals surface area contributed by atoms with E-state index in [-0.39, 0.29) is 6.61 Å². The van der Waals surface area contributed by atoms with E-state index in [4.69, 9.17) is 20.6 Å². The van der Waals surface area contributed by atoms with Crippen molar-refractivity contribution in [3.63, 3.8) is 0 Å². The van der Waals surface area contributed by atoms with Crippen LogP contribution in [0.3, 0.4) is 0 Å². The summed E-state index contributed by atoms with van der Waals surface area (Å²) in [6.07, 6.45) is 0. The lowest BCUT2D eigenvalue weighted by Gasteiger charge is -2.43. The molecule has 1 fully saturated rings. The number of hydrogen-bond donors (Lipinski definition) is 1. The van der Waals surface area contributed by atoms with Crippen LogP contribution in [0.1, 0.15) is 26.6 Å². The van der Waals surface area contributed by atoms with Crippen molar-refractivity contribution in [3.8, 4) is 0 Å². The standard InChI is InChI=1S/C14H24ClN4O4P/c1-5-22-24(20,21)23-14(3,4)19-8-6-18(7-9-19)13-10-12(15)16-11(2)17-13/h10H,5-9H2,1-4H3,(H,20,21). The second-order valence-corrected chi connectivity index (χ2v) is 7.76. The lowest BCUT2D eigenvalue weighted by atomic mass is 10.2. The highest BCUT2D eigenvalue weighted by Crippen LogP contribution is 2.47. The van der Waals surface area contributed by atoms with E-state index in [9.17, 15) is 9.46 Å². The fourth-order valence-corrected chi connectivity index (χ4v) is 3.96. The van der Waals surface area contributed by atoms with Crippen LogP contribution in [0.15, 0.2) is 6.07 Å². The SMILES string of the molecule is CCOP(=O)(O)OC(C)(C)N1CCN(c2cc(Cl)nc(C)n2)CC1. The molecule has 1 atom stereocenters. The van der Waals surface area contributed by atoms with E-state index in [2.05, 4.69) is 14.9 Å². The van der Waals surface area contributed by atoms with Crippen molar-refractivity contribution in [1.82, 2.24) is 14.9 Å². The maximum absolute atomic E-state index is 11.9. The molecular formula is C14H24ClN4O4P. The third-order valence-corrected chi connectivity index (χ3v) is 5.25. The minimum Gasteiger partial charge on any atom is -0.354 e. The van der Waals surface area contributed by atoms with Crippen molar-refractivity contribution in [2.45, 2.75) is 33.4 Å². The monoisotopic (exact) mass is 378 g/mol. The van der Waals surface area contributed by atoms with Gasteiger partial charge in [0, 0.05) is 32.2 Å². The zero-order valence-electron chi connectivity index (χ0n) is 14.4. The van der Waals surface area contributed by atoms with E-state index in [1.807, 2.05) is 4.90 Å². The highest BCUT2D eigenvalue weighted by Gasteiger charge is 2.38. The van der Waals surface area contributed by atoms with Crippen LogP contribution in [-0.2, 0) is 13.6 Å². The average Bonchev–Trinajstić information content (AvgIpc) is 2.45. The number of nitrogens with zero attached hydrogens (tertiary/aromatic N) is 4. The topological polar surface area (TPSA) is 88.0 Å². The molecule has 0 spiro atoms. The molecule has 2 rings (SSSR count). The lowest BCUT2D eigenvalue weighted by molar-refractivity contribution is -0.0778. The summed E-state index contributed by atoms with van der Waals surface area (Å²) in [4.78, 5) is 22.3. The molecule has 1 aromatic rings. The molecule has 1 N–H and O–H groups in total. The predicted molar refractivity (Wildman–Crippen MR) is 92.2 cm³/mol. The molecule has 0 saturated carbocycles. The van der Waals surface area contributed by atoms with Crippen LogP contribution in [0.2, 0.25) is 5.15 Å². The van der Waals surface area contributed by atoms with Gasteiger partial charge < -0.3 is 9.79 Å². The van der Waals surface area contributed by atoms with Crippen molar-refractivity contribution in [1.29, 1.82) is 0 Å². The van der Waals surface area contributed by atoms with E-state index in [0.717, 1.165) is 5.82 Å². The zero-order chi connectivity index (χ0) is 18.0. The van der Waals surface area contributed by atoms with E-state index in [0.29, 0.717) is 37.2 Å². The summed E-state index contributed by atoms with van der Waals surface area (Å²) in [5, 5.41) is 0.418. The minimum atomic E-state index is -4.06. The van der Waals surface area contributed by atoms with E-state index >= 15 is 0 Å². The predicted octanol–water partition coefficient (Wildman–Crippen LogP) is 2.45. The summed E-state index contributed by atoms with van der Waals surface area (Å²) in [6.45, 7) is 9.79. The Kier molecular flexibility index (Phi) is 6.23. The van der Waals surface area contributed by atoms with Crippen molar-refractivity contribution in [2.24, 2.45) is 0 Å². The highest BCUT2D eigenvalue weighted by atomic mass is 35.5. The molecule has 0 bridgehead atoms. The Bertz CT molecular complexity index is 603. The van der Waals surface area contributed by atoms with Crippen LogP contribution >= 0.6 is 19.4 Å². The molecule has 1 aliphatic rings. The van der Waals surface area contributed by atoms with Gasteiger partial charge in [0.1, 0.15) is 22.5 Å². The van der Waals surface area contributed by atoms with Crippen LogP contribution < -0.4 is 4.90 Å². The summed E-state index contributed by atoms with van der Waals surface area (Å²) in [5.41, 5.74) is -0.912. The summed E-state index contributed by atoms with van der Waals surface area (Å²) in [7, 11) is -4.06. The van der Waals surface area contributed by atoms with Gasteiger partial charge in [-0.15, -0.1) is 0 Å². The second-order valence-electron chi connectivity index (χ2n) is 5.99. The number of phosphoric ester groups is 1. The molecule has 2 heterocycles. The quantitative estimate of drug-likeness (QED) is 0.596. The molecule has 136 valence electrons. The fourth-order valence-electron chi connectivity index (χ4n) is 2.68. The van der Waals surface area contributed by atoms with Crippen LogP contribution in [0.25, 0.3) is 0 Å². The number of phosphoric acid groups is 1. The molecule has 1 saturated heterocycles. The molecule has 0 radical (unpaired) electrons. The number of halogens is 1. The zero-order valence-corrected chi connectivity index (χ0v) is 16.0. The Balaban J connectivity index is 2.00. The number of rotatable bonds is 6. The number of piperazine rings is 1. The van der Waals surface area contributed by atoms with Gasteiger partial charge in [-0.05, 0) is 27.7 Å². The number of aryl methyl sites for hydroxylation is 1. The van der Waals surface area contributed by atoms with Gasteiger partial charge in [0.2, 0.25) is 0 Å². The molecule has 1 aliphatic heterocycles. The van der Waals surface area contributed by atoms with Gasteiger partial charge >= 0.3 is 7.82 Å². The molecule has 0 aromatic carbocycles. The third-order valence-electron chi connectivity index (χ3n) is 3.79. The third kappa shape index (κ3) is 5.12. The second kappa shape index (κ2) is 7.64. The molecule has 8 nitrogen and oxygen atoms in total. The Morgan fingerprint density at radius 2 is 1.96 bits per heavy atom. The number of anilines is 1. The van der Waals surface area contributed by atoms with E-state index in [1.54, 1.807) is 33.8 Å². The summed E-state index contributed by atoms with van der Waals surface area (Å²) < 4.78 is 22.0. The Morgan fingerprint density at radius 1 is 1.33 bits per heavy atom. The van der Waals surface area contributed by atoms with Crippen LogP contribution in [-0.4, -0.2) is 58.3 Å². The van der Waals surface area contributed by atoms with Gasteiger partial charge in [0.05, 0.1) is 6.61 Å². The van der Waals surface area contributed by atoms with Crippen molar-refractivity contribution >= 4 is 25.2 Å². The molecule has 0 aliphatic carbocycles. The van der Waals surface area contributed by atoms with Crippen molar-refractivity contribution in [3.05, 3.63) is 17.0 Å². The molecule has 1 unspecified atom stereocenters. The Hall–Kier alpha value is -0.760. The van der Waals surface area contributed by atoms with Crippen molar-refractivity contribution < 1.29 is 18.5 Å². The van der Waals surface area contributed by atoms with Gasteiger partial charge in [0.25, 0.3) is 0 Å². The maximum atomic E-state index is 11.9. The Labute approximate surface area is 147 Å². The van der Waals surface area contributed by atoms with Gasteiger partial charge in [-0.25, -0.2) is 14.5 Å². The summed E-state index contributed by atoms with van der Waals surface area (Å²) >= 11 is 5.99.